The summed E-state index contributed by atoms with van der Waals surface area (Å²) >= 11 is 1.56. The van der Waals surface area contributed by atoms with E-state index in [-0.39, 0.29) is 12.3 Å². The van der Waals surface area contributed by atoms with Crippen LogP contribution >= 0.6 is 11.3 Å². The number of aryl methyl sites for hydroxylation is 1. The fourth-order valence-corrected chi connectivity index (χ4v) is 3.42. The highest BCUT2D eigenvalue weighted by atomic mass is 32.1. The van der Waals surface area contributed by atoms with Crippen LogP contribution in [0.3, 0.4) is 0 Å². The van der Waals surface area contributed by atoms with Gasteiger partial charge in [-0.2, -0.15) is 5.10 Å². The van der Waals surface area contributed by atoms with E-state index in [1.54, 1.807) is 46.3 Å². The summed E-state index contributed by atoms with van der Waals surface area (Å²) in [6.07, 6.45) is 3.70. The van der Waals surface area contributed by atoms with Crippen LogP contribution < -0.4 is 0 Å². The molecule has 0 amide bonds. The molecule has 0 fully saturated rings. The van der Waals surface area contributed by atoms with Crippen LogP contribution in [0.5, 0.6) is 0 Å². The van der Waals surface area contributed by atoms with Crippen molar-refractivity contribution in [3.05, 3.63) is 52.3 Å². The van der Waals surface area contributed by atoms with Gasteiger partial charge in [0.2, 0.25) is 4.96 Å². The van der Waals surface area contributed by atoms with Crippen LogP contribution in [0.2, 0.25) is 0 Å². The molecule has 0 atom stereocenters. The molecular weight excluding hydrogens is 370 g/mol. The minimum Gasteiger partial charge on any atom is -0.476 e. The smallest absolute Gasteiger partial charge is 0.358 e. The van der Waals surface area contributed by atoms with Crippen molar-refractivity contribution in [3.63, 3.8) is 0 Å². The topological polar surface area (TPSA) is 111 Å². The van der Waals surface area contributed by atoms with Crippen LogP contribution in [0, 0.1) is 6.92 Å². The zero-order chi connectivity index (χ0) is 19.2. The van der Waals surface area contributed by atoms with Crippen LogP contribution in [0.4, 0.5) is 0 Å². The maximum Gasteiger partial charge on any atom is 0.358 e. The summed E-state index contributed by atoms with van der Waals surface area (Å²) in [5.41, 5.74) is 1.86. The molecule has 10 heteroatoms. The number of rotatable bonds is 8. The number of carbonyl (C=O) groups is 1. The lowest BCUT2D eigenvalue weighted by Gasteiger charge is -2.07. The van der Waals surface area contributed by atoms with Gasteiger partial charge in [0.25, 0.3) is 0 Å². The molecule has 27 heavy (non-hydrogen) atoms. The second-order valence-corrected chi connectivity index (χ2v) is 6.59. The highest BCUT2D eigenvalue weighted by Gasteiger charge is 2.17. The first-order valence-electron chi connectivity index (χ1n) is 7.96. The van der Waals surface area contributed by atoms with Gasteiger partial charge in [0, 0.05) is 28.6 Å². The highest BCUT2D eigenvalue weighted by Crippen LogP contribution is 2.20. The van der Waals surface area contributed by atoms with Crippen molar-refractivity contribution in [3.8, 4) is 0 Å². The molecule has 0 bridgehead atoms. The molecule has 1 N–H and O–H groups in total. The zero-order valence-corrected chi connectivity index (χ0v) is 15.5. The summed E-state index contributed by atoms with van der Waals surface area (Å²) in [6.45, 7) is 2.11. The van der Waals surface area contributed by atoms with E-state index in [1.165, 1.54) is 13.4 Å². The molecule has 2 heterocycles. The summed E-state index contributed by atoms with van der Waals surface area (Å²) in [6, 6.07) is 6.90. The first kappa shape index (κ1) is 18.5. The summed E-state index contributed by atoms with van der Waals surface area (Å²) < 4.78 is 1.78. The number of hydrogen-bond acceptors (Lipinski definition) is 8. The third-order valence-corrected chi connectivity index (χ3v) is 4.74. The minimum absolute atomic E-state index is 0.101. The number of carboxylic acid groups (broad SMARTS) is 1. The Balaban J connectivity index is 1.66. The molecule has 2 aromatic heterocycles. The molecule has 0 unspecified atom stereocenters. The number of fused-ring (bicyclic) bond motifs is 1. The number of oxime groups is 2. The van der Waals surface area contributed by atoms with E-state index in [0.717, 1.165) is 15.5 Å². The lowest BCUT2D eigenvalue weighted by molar-refractivity contribution is -0.129. The minimum atomic E-state index is -1.18. The van der Waals surface area contributed by atoms with E-state index >= 15 is 0 Å². The van der Waals surface area contributed by atoms with E-state index in [1.807, 2.05) is 6.92 Å². The monoisotopic (exact) mass is 387 g/mol. The molecule has 140 valence electrons. The lowest BCUT2D eigenvalue weighted by Crippen LogP contribution is -2.17. The van der Waals surface area contributed by atoms with Gasteiger partial charge in [-0.15, -0.1) is 0 Å². The summed E-state index contributed by atoms with van der Waals surface area (Å²) in [5.74, 6) is -1.18. The Labute approximate surface area is 158 Å². The van der Waals surface area contributed by atoms with Gasteiger partial charge in [0.1, 0.15) is 20.0 Å². The Morgan fingerprint density at radius 1 is 1.41 bits per heavy atom. The molecule has 3 rings (SSSR count). The molecule has 0 aliphatic heterocycles. The Kier molecular flexibility index (Phi) is 5.77. The maximum atomic E-state index is 11.4. The normalized spacial score (nSPS) is 12.0. The van der Waals surface area contributed by atoms with Crippen LogP contribution in [0.25, 0.3) is 4.96 Å². The number of aromatic nitrogens is 3. The van der Waals surface area contributed by atoms with Gasteiger partial charge in [-0.1, -0.05) is 45.9 Å². The van der Waals surface area contributed by atoms with E-state index in [2.05, 4.69) is 25.2 Å². The third-order valence-electron chi connectivity index (χ3n) is 3.73. The molecule has 3 aromatic rings. The second kappa shape index (κ2) is 8.41. The fraction of sp³-hybridized carbons (Fsp3) is 0.235. The molecule has 0 spiro atoms. The van der Waals surface area contributed by atoms with Crippen molar-refractivity contribution >= 4 is 34.2 Å². The number of aliphatic carboxylic acids is 1. The Hall–Kier alpha value is -3.27. The van der Waals surface area contributed by atoms with E-state index < -0.39 is 5.97 Å². The summed E-state index contributed by atoms with van der Waals surface area (Å²) in [5, 5.41) is 21.0. The first-order valence-corrected chi connectivity index (χ1v) is 8.78. The maximum absolute atomic E-state index is 11.4. The first-order chi connectivity index (χ1) is 13.1. The zero-order valence-electron chi connectivity index (χ0n) is 14.7. The number of thiazole rings is 1. The molecule has 9 nitrogen and oxygen atoms in total. The van der Waals surface area contributed by atoms with Crippen LogP contribution in [0.1, 0.15) is 21.7 Å². The molecule has 0 aliphatic carbocycles. The van der Waals surface area contributed by atoms with Crippen LogP contribution in [-0.4, -0.2) is 44.7 Å². The van der Waals surface area contributed by atoms with Gasteiger partial charge in [-0.05, 0) is 6.92 Å². The third kappa shape index (κ3) is 4.11. The van der Waals surface area contributed by atoms with Crippen molar-refractivity contribution in [2.45, 2.75) is 20.0 Å². The van der Waals surface area contributed by atoms with Crippen LogP contribution in [-0.2, 0) is 27.5 Å². The molecule has 0 aliphatic rings. The highest BCUT2D eigenvalue weighted by molar-refractivity contribution is 7.17. The van der Waals surface area contributed by atoms with E-state index in [0.29, 0.717) is 17.5 Å². The molecule has 0 saturated heterocycles. The van der Waals surface area contributed by atoms with Gasteiger partial charge in [-0.3, -0.25) is 0 Å². The number of benzene rings is 1. The SMILES string of the molecule is CO/N=C(/C(=O)O)c1ccccc1CON=CCc1c(C)sc2ncnn12. The van der Waals surface area contributed by atoms with Crippen molar-refractivity contribution < 1.29 is 19.6 Å². The largest absolute Gasteiger partial charge is 0.476 e. The Morgan fingerprint density at radius 3 is 3.00 bits per heavy atom. The number of carboxylic acids is 1. The van der Waals surface area contributed by atoms with E-state index in [9.17, 15) is 9.90 Å². The van der Waals surface area contributed by atoms with Gasteiger partial charge >= 0.3 is 5.97 Å². The predicted octanol–water partition coefficient (Wildman–Crippen LogP) is 2.28. The summed E-state index contributed by atoms with van der Waals surface area (Å²) in [4.78, 5) is 27.5. The lowest BCUT2D eigenvalue weighted by atomic mass is 10.0. The fourth-order valence-electron chi connectivity index (χ4n) is 2.52. The number of hydrogen-bond donors (Lipinski definition) is 1. The van der Waals surface area contributed by atoms with Gasteiger partial charge in [-0.25, -0.2) is 14.3 Å². The van der Waals surface area contributed by atoms with Gasteiger partial charge in [0.15, 0.2) is 5.71 Å². The number of nitrogens with zero attached hydrogens (tertiary/aromatic N) is 5. The van der Waals surface area contributed by atoms with Crippen molar-refractivity contribution in [1.82, 2.24) is 14.6 Å². The van der Waals surface area contributed by atoms with Crippen molar-refractivity contribution in [2.24, 2.45) is 10.3 Å². The second-order valence-electron chi connectivity index (χ2n) is 5.41. The Bertz CT molecular complexity index is 1010. The van der Waals surface area contributed by atoms with Gasteiger partial charge < -0.3 is 14.8 Å². The van der Waals surface area contributed by atoms with Crippen molar-refractivity contribution in [2.75, 3.05) is 7.11 Å². The molecule has 0 radical (unpaired) electrons. The van der Waals surface area contributed by atoms with Crippen molar-refractivity contribution in [1.29, 1.82) is 0 Å². The predicted molar refractivity (Wildman–Crippen MR) is 100 cm³/mol. The average Bonchev–Trinajstić information content (AvgIpc) is 3.21. The van der Waals surface area contributed by atoms with Crippen LogP contribution in [0.15, 0.2) is 40.9 Å². The van der Waals surface area contributed by atoms with E-state index in [4.69, 9.17) is 4.84 Å². The Morgan fingerprint density at radius 2 is 2.22 bits per heavy atom. The standard InChI is InChI=1S/C17H17N5O4S/c1-11-14(22-17(27-11)18-10-19-22)7-8-20-26-9-12-5-3-4-6-13(12)15(16(23)24)21-25-2/h3-6,8,10H,7,9H2,1-2H3,(H,23,24)/b20-8?,21-15+. The average molecular weight is 387 g/mol. The quantitative estimate of drug-likeness (QED) is 0.469. The molecular formula is C17H17N5O4S. The molecule has 0 saturated carbocycles. The molecule has 1 aromatic carbocycles. The summed E-state index contributed by atoms with van der Waals surface area (Å²) in [7, 11) is 1.30. The van der Waals surface area contributed by atoms with Gasteiger partial charge in [0.05, 0.1) is 5.69 Å².